The van der Waals surface area contributed by atoms with E-state index in [1.54, 1.807) is 32.0 Å². The van der Waals surface area contributed by atoms with Crippen molar-refractivity contribution in [1.82, 2.24) is 9.62 Å². The normalized spacial score (nSPS) is 21.8. The summed E-state index contributed by atoms with van der Waals surface area (Å²) in [5.41, 5.74) is 1.17. The predicted octanol–water partition coefficient (Wildman–Crippen LogP) is 6.17. The highest BCUT2D eigenvalue weighted by atomic mass is 35.5. The molecule has 10 heteroatoms. The Morgan fingerprint density at radius 2 is 1.56 bits per heavy atom. The molecule has 4 rings (SSSR count). The summed E-state index contributed by atoms with van der Waals surface area (Å²) in [5, 5.41) is 1.50. The molecule has 1 saturated carbocycles. The molecule has 1 heterocycles. The second kappa shape index (κ2) is 11.5. The fraction of sp³-hybridized carbons (Fsp3) is 0.500. The molecule has 2 aliphatic rings. The van der Waals surface area contributed by atoms with E-state index in [1.807, 2.05) is 6.07 Å². The van der Waals surface area contributed by atoms with Gasteiger partial charge in [-0.05, 0) is 87.8 Å². The number of nitrogens with zero attached hydrogens (tertiary/aromatic N) is 1. The van der Waals surface area contributed by atoms with E-state index >= 15 is 0 Å². The van der Waals surface area contributed by atoms with Crippen LogP contribution in [0.25, 0.3) is 0 Å². The molecule has 36 heavy (non-hydrogen) atoms. The summed E-state index contributed by atoms with van der Waals surface area (Å²) in [7, 11) is -3.95. The van der Waals surface area contributed by atoms with Gasteiger partial charge in [-0.1, -0.05) is 34.8 Å². The Balaban J connectivity index is 1.25. The monoisotopic (exact) mass is 572 g/mol. The number of ether oxygens (including phenoxy) is 1. The second-order valence-electron chi connectivity index (χ2n) is 9.77. The van der Waals surface area contributed by atoms with Gasteiger partial charge in [0.2, 0.25) is 5.91 Å². The van der Waals surface area contributed by atoms with E-state index in [9.17, 15) is 13.2 Å². The van der Waals surface area contributed by atoms with E-state index in [0.29, 0.717) is 45.1 Å². The highest BCUT2D eigenvalue weighted by Crippen LogP contribution is 2.32. The van der Waals surface area contributed by atoms with Gasteiger partial charge in [0.15, 0.2) is 0 Å². The minimum Gasteiger partial charge on any atom is -0.490 e. The van der Waals surface area contributed by atoms with Crippen LogP contribution in [-0.4, -0.2) is 44.5 Å². The molecule has 1 saturated heterocycles. The quantitative estimate of drug-likeness (QED) is 0.447. The molecule has 1 N–H and O–H groups in total. The number of benzene rings is 2. The first-order valence-electron chi connectivity index (χ1n) is 12.2. The minimum atomic E-state index is -3.95. The lowest BCUT2D eigenvalue weighted by Gasteiger charge is -2.40. The van der Waals surface area contributed by atoms with Crippen molar-refractivity contribution in [3.63, 3.8) is 0 Å². The zero-order chi connectivity index (χ0) is 26.0. The Morgan fingerprint density at radius 3 is 2.19 bits per heavy atom. The van der Waals surface area contributed by atoms with Crippen molar-refractivity contribution >= 4 is 50.7 Å². The number of carbonyl (C=O) groups is 1. The van der Waals surface area contributed by atoms with Gasteiger partial charge in [-0.15, -0.1) is 0 Å². The highest BCUT2D eigenvalue weighted by Gasteiger charge is 2.33. The summed E-state index contributed by atoms with van der Waals surface area (Å²) in [6.07, 6.45) is 5.04. The minimum absolute atomic E-state index is 0.0948. The first-order chi connectivity index (χ1) is 17.0. The molecule has 1 amide bonds. The molecule has 0 atom stereocenters. The number of amides is 1. The average Bonchev–Trinajstić information content (AvgIpc) is 2.84. The van der Waals surface area contributed by atoms with Crippen LogP contribution < -0.4 is 9.46 Å². The maximum atomic E-state index is 12.9. The number of hydrogen-bond donors (Lipinski definition) is 1. The van der Waals surface area contributed by atoms with Crippen molar-refractivity contribution in [1.29, 1.82) is 0 Å². The second-order valence-corrected chi connectivity index (χ2v) is 12.6. The Hall–Kier alpha value is -1.51. The maximum Gasteiger partial charge on any atom is 0.264 e. The van der Waals surface area contributed by atoms with Crippen LogP contribution in [0.15, 0.2) is 35.2 Å². The lowest BCUT2D eigenvalue weighted by molar-refractivity contribution is -0.124. The van der Waals surface area contributed by atoms with Crippen LogP contribution in [0.2, 0.25) is 15.1 Å². The van der Waals surface area contributed by atoms with E-state index in [4.69, 9.17) is 39.5 Å². The number of sulfonamides is 1. The summed E-state index contributed by atoms with van der Waals surface area (Å²) in [5.74, 6) is 0.00252. The van der Waals surface area contributed by atoms with Gasteiger partial charge < -0.3 is 9.64 Å². The van der Waals surface area contributed by atoms with Crippen LogP contribution in [-0.2, 0) is 14.8 Å². The molecule has 2 aromatic rings. The highest BCUT2D eigenvalue weighted by molar-refractivity contribution is 7.90. The van der Waals surface area contributed by atoms with Gasteiger partial charge in [0, 0.05) is 36.1 Å². The number of nitrogens with one attached hydrogen (secondary N) is 1. The molecular weight excluding hydrogens is 543 g/mol. The topological polar surface area (TPSA) is 75.7 Å². The third kappa shape index (κ3) is 6.48. The van der Waals surface area contributed by atoms with E-state index in [-0.39, 0.29) is 16.9 Å². The predicted molar refractivity (Wildman–Crippen MR) is 144 cm³/mol. The average molecular weight is 574 g/mol. The summed E-state index contributed by atoms with van der Waals surface area (Å²) in [6, 6.07) is 8.85. The third-order valence-corrected chi connectivity index (χ3v) is 9.87. The molecule has 2 aromatic carbocycles. The molecule has 0 spiro atoms. The van der Waals surface area contributed by atoms with Gasteiger partial charge in [0.05, 0.1) is 14.9 Å². The van der Waals surface area contributed by atoms with Crippen molar-refractivity contribution in [3.05, 3.63) is 56.5 Å². The van der Waals surface area contributed by atoms with Crippen molar-refractivity contribution in [2.24, 2.45) is 5.92 Å². The number of hydrogen-bond acceptors (Lipinski definition) is 5. The fourth-order valence-electron chi connectivity index (χ4n) is 5.12. The van der Waals surface area contributed by atoms with Crippen molar-refractivity contribution in [3.8, 4) is 5.75 Å². The number of likely N-dealkylation sites (tertiary alicyclic amines) is 1. The summed E-state index contributed by atoms with van der Waals surface area (Å²) in [6.45, 7) is 5.27. The standard InChI is InChI=1S/C26H31Cl3N2O4S/c1-16-14-25(17(2)13-23(16)28)36(33,34)30-26(32)18-3-5-19(6-4-18)31-11-9-20(10-12-31)35-21-7-8-22(27)24(29)15-21/h7-8,13-15,18-20H,3-6,9-12H2,1-2H3,(H,30,32)/t18-,19-. The van der Waals surface area contributed by atoms with Gasteiger partial charge in [-0.25, -0.2) is 13.1 Å². The molecule has 1 aliphatic heterocycles. The zero-order valence-electron chi connectivity index (χ0n) is 20.4. The van der Waals surface area contributed by atoms with Crippen molar-refractivity contribution < 1.29 is 17.9 Å². The fourth-order valence-corrected chi connectivity index (χ4v) is 6.98. The van der Waals surface area contributed by atoms with E-state index in [1.165, 1.54) is 6.07 Å². The largest absolute Gasteiger partial charge is 0.490 e. The van der Waals surface area contributed by atoms with Crippen LogP contribution in [0.3, 0.4) is 0 Å². The van der Waals surface area contributed by atoms with Crippen molar-refractivity contribution in [2.75, 3.05) is 13.1 Å². The lowest BCUT2D eigenvalue weighted by Crippen LogP contribution is -2.46. The van der Waals surface area contributed by atoms with E-state index in [0.717, 1.165) is 44.5 Å². The van der Waals surface area contributed by atoms with Crippen LogP contribution in [0, 0.1) is 19.8 Å². The molecule has 0 bridgehead atoms. The molecule has 1 aliphatic carbocycles. The van der Waals surface area contributed by atoms with Gasteiger partial charge in [0.25, 0.3) is 10.0 Å². The molecule has 6 nitrogen and oxygen atoms in total. The van der Waals surface area contributed by atoms with Gasteiger partial charge in [-0.3, -0.25) is 4.79 Å². The Morgan fingerprint density at radius 1 is 0.889 bits per heavy atom. The van der Waals surface area contributed by atoms with Crippen LogP contribution in [0.4, 0.5) is 0 Å². The first kappa shape index (κ1) is 27.5. The molecular formula is C26H31Cl3N2O4S. The zero-order valence-corrected chi connectivity index (χ0v) is 23.5. The summed E-state index contributed by atoms with van der Waals surface area (Å²) in [4.78, 5) is 15.4. The Labute approximate surface area is 228 Å². The summed E-state index contributed by atoms with van der Waals surface area (Å²) >= 11 is 18.2. The van der Waals surface area contributed by atoms with Crippen LogP contribution in [0.5, 0.6) is 5.75 Å². The smallest absolute Gasteiger partial charge is 0.264 e. The number of rotatable bonds is 6. The third-order valence-electron chi connectivity index (χ3n) is 7.23. The van der Waals surface area contributed by atoms with Gasteiger partial charge in [-0.2, -0.15) is 0 Å². The number of carbonyl (C=O) groups excluding carboxylic acids is 1. The molecule has 0 unspecified atom stereocenters. The molecule has 0 aromatic heterocycles. The molecule has 196 valence electrons. The number of aryl methyl sites for hydroxylation is 2. The SMILES string of the molecule is Cc1cc(S(=O)(=O)NC(=O)[C@H]2CC[C@H](N3CCC(Oc4ccc(Cl)c(Cl)c4)CC3)CC2)c(C)cc1Cl. The van der Waals surface area contributed by atoms with E-state index in [2.05, 4.69) is 9.62 Å². The van der Waals surface area contributed by atoms with Crippen LogP contribution >= 0.6 is 34.8 Å². The Kier molecular flexibility index (Phi) is 8.78. The maximum absolute atomic E-state index is 12.9. The first-order valence-corrected chi connectivity index (χ1v) is 14.8. The van der Waals surface area contributed by atoms with Crippen molar-refractivity contribution in [2.45, 2.75) is 69.4 Å². The molecule has 0 radical (unpaired) electrons. The van der Waals surface area contributed by atoms with Gasteiger partial charge in [0.1, 0.15) is 11.9 Å². The summed E-state index contributed by atoms with van der Waals surface area (Å²) < 4.78 is 34.1. The molecule has 2 fully saturated rings. The number of halogens is 3. The number of piperidine rings is 1. The Bertz CT molecular complexity index is 1220. The van der Waals surface area contributed by atoms with E-state index < -0.39 is 15.9 Å². The van der Waals surface area contributed by atoms with Crippen LogP contribution in [0.1, 0.15) is 49.7 Å². The van der Waals surface area contributed by atoms with Gasteiger partial charge >= 0.3 is 0 Å². The lowest BCUT2D eigenvalue weighted by atomic mass is 9.84.